The molecule has 0 fully saturated rings. The van der Waals surface area contributed by atoms with Crippen molar-refractivity contribution in [1.29, 1.82) is 0 Å². The lowest BCUT2D eigenvalue weighted by Gasteiger charge is -2.15. The Balaban J connectivity index is 2.29. The largest absolute Gasteiger partial charge is 0.309 e. The van der Waals surface area contributed by atoms with Crippen molar-refractivity contribution in [2.75, 3.05) is 7.05 Å². The SMILES string of the molecule is CCCn1cc(C(NC)c2ccc(F)c(C)c2)cn1. The molecule has 2 rings (SSSR count). The van der Waals surface area contributed by atoms with Crippen LogP contribution in [0.4, 0.5) is 4.39 Å². The number of hydrogen-bond donors (Lipinski definition) is 1. The molecule has 0 amide bonds. The van der Waals surface area contributed by atoms with Crippen molar-refractivity contribution in [2.45, 2.75) is 32.9 Å². The highest BCUT2D eigenvalue weighted by molar-refractivity contribution is 5.32. The number of aromatic nitrogens is 2. The molecule has 0 spiro atoms. The van der Waals surface area contributed by atoms with Gasteiger partial charge in [-0.05, 0) is 37.6 Å². The first-order valence-electron chi connectivity index (χ1n) is 6.61. The second-order valence-corrected chi connectivity index (χ2v) is 4.77. The summed E-state index contributed by atoms with van der Waals surface area (Å²) in [6, 6.07) is 5.27. The van der Waals surface area contributed by atoms with Crippen molar-refractivity contribution >= 4 is 0 Å². The molecule has 0 saturated carbocycles. The van der Waals surface area contributed by atoms with E-state index in [1.807, 2.05) is 36.3 Å². The lowest BCUT2D eigenvalue weighted by molar-refractivity contribution is 0.599. The molecule has 3 nitrogen and oxygen atoms in total. The van der Waals surface area contributed by atoms with Crippen LogP contribution in [-0.4, -0.2) is 16.8 Å². The summed E-state index contributed by atoms with van der Waals surface area (Å²) in [5.41, 5.74) is 2.82. The molecule has 1 aromatic heterocycles. The lowest BCUT2D eigenvalue weighted by Crippen LogP contribution is -2.17. The van der Waals surface area contributed by atoms with Gasteiger partial charge in [-0.25, -0.2) is 4.39 Å². The summed E-state index contributed by atoms with van der Waals surface area (Å²) in [6.07, 6.45) is 4.97. The third-order valence-corrected chi connectivity index (χ3v) is 3.24. The quantitative estimate of drug-likeness (QED) is 0.896. The summed E-state index contributed by atoms with van der Waals surface area (Å²) < 4.78 is 15.3. The highest BCUT2D eigenvalue weighted by Gasteiger charge is 2.14. The minimum Gasteiger partial charge on any atom is -0.309 e. The van der Waals surface area contributed by atoms with E-state index in [2.05, 4.69) is 17.3 Å². The zero-order chi connectivity index (χ0) is 13.8. The van der Waals surface area contributed by atoms with Gasteiger partial charge < -0.3 is 5.32 Å². The summed E-state index contributed by atoms with van der Waals surface area (Å²) in [6.45, 7) is 4.82. The van der Waals surface area contributed by atoms with Crippen LogP contribution in [0.15, 0.2) is 30.6 Å². The first-order chi connectivity index (χ1) is 9.15. The fourth-order valence-electron chi connectivity index (χ4n) is 2.25. The monoisotopic (exact) mass is 261 g/mol. The normalized spacial score (nSPS) is 12.6. The van der Waals surface area contributed by atoms with Crippen molar-refractivity contribution in [3.8, 4) is 0 Å². The third kappa shape index (κ3) is 3.01. The van der Waals surface area contributed by atoms with Gasteiger partial charge in [0.2, 0.25) is 0 Å². The number of rotatable bonds is 5. The number of benzene rings is 1. The first-order valence-corrected chi connectivity index (χ1v) is 6.61. The Hall–Kier alpha value is -1.68. The van der Waals surface area contributed by atoms with Crippen molar-refractivity contribution < 1.29 is 4.39 Å². The number of hydrogen-bond acceptors (Lipinski definition) is 2. The molecule has 102 valence electrons. The van der Waals surface area contributed by atoms with Gasteiger partial charge >= 0.3 is 0 Å². The molecule has 1 unspecified atom stereocenters. The Morgan fingerprint density at radius 2 is 2.16 bits per heavy atom. The zero-order valence-electron chi connectivity index (χ0n) is 11.7. The van der Waals surface area contributed by atoms with Crippen LogP contribution in [0.2, 0.25) is 0 Å². The van der Waals surface area contributed by atoms with Gasteiger partial charge in [0, 0.05) is 18.3 Å². The molecular weight excluding hydrogens is 241 g/mol. The maximum atomic E-state index is 13.3. The van der Waals surface area contributed by atoms with Crippen molar-refractivity contribution in [1.82, 2.24) is 15.1 Å². The van der Waals surface area contributed by atoms with E-state index in [9.17, 15) is 4.39 Å². The highest BCUT2D eigenvalue weighted by atomic mass is 19.1. The Labute approximate surface area is 113 Å². The molecule has 0 saturated heterocycles. The number of nitrogens with zero attached hydrogens (tertiary/aromatic N) is 2. The van der Waals surface area contributed by atoms with Gasteiger partial charge in [-0.3, -0.25) is 4.68 Å². The van der Waals surface area contributed by atoms with Crippen molar-refractivity contribution in [2.24, 2.45) is 0 Å². The van der Waals surface area contributed by atoms with E-state index in [1.54, 1.807) is 6.92 Å². The van der Waals surface area contributed by atoms with Gasteiger partial charge in [-0.15, -0.1) is 0 Å². The fraction of sp³-hybridized carbons (Fsp3) is 0.400. The number of halogens is 1. The lowest BCUT2D eigenvalue weighted by atomic mass is 10.00. The number of nitrogens with one attached hydrogen (secondary N) is 1. The predicted molar refractivity (Wildman–Crippen MR) is 74.6 cm³/mol. The first kappa shape index (κ1) is 13.7. The van der Waals surface area contributed by atoms with E-state index in [4.69, 9.17) is 0 Å². The van der Waals surface area contributed by atoms with Crippen LogP contribution in [0.25, 0.3) is 0 Å². The fourth-order valence-corrected chi connectivity index (χ4v) is 2.25. The Morgan fingerprint density at radius 3 is 2.79 bits per heavy atom. The Kier molecular flexibility index (Phi) is 4.32. The van der Waals surface area contributed by atoms with Crippen LogP contribution >= 0.6 is 0 Å². The van der Waals surface area contributed by atoms with Crippen molar-refractivity contribution in [3.05, 3.63) is 53.1 Å². The molecule has 4 heteroatoms. The summed E-state index contributed by atoms with van der Waals surface area (Å²) in [5, 5.41) is 7.60. The summed E-state index contributed by atoms with van der Waals surface area (Å²) >= 11 is 0. The number of aryl methyl sites for hydroxylation is 2. The van der Waals surface area contributed by atoms with Gasteiger partial charge in [0.15, 0.2) is 0 Å². The van der Waals surface area contributed by atoms with Crippen molar-refractivity contribution in [3.63, 3.8) is 0 Å². The van der Waals surface area contributed by atoms with Gasteiger partial charge in [-0.1, -0.05) is 19.1 Å². The molecule has 0 aliphatic rings. The zero-order valence-corrected chi connectivity index (χ0v) is 11.7. The minimum absolute atomic E-state index is 0.0462. The van der Waals surface area contributed by atoms with Gasteiger partial charge in [0.1, 0.15) is 5.82 Å². The van der Waals surface area contributed by atoms with Crippen LogP contribution in [0, 0.1) is 12.7 Å². The van der Waals surface area contributed by atoms with Crippen LogP contribution in [0.1, 0.15) is 36.1 Å². The molecule has 1 heterocycles. The molecule has 1 N–H and O–H groups in total. The van der Waals surface area contributed by atoms with E-state index >= 15 is 0 Å². The molecule has 2 aromatic rings. The Morgan fingerprint density at radius 1 is 1.37 bits per heavy atom. The van der Waals surface area contributed by atoms with E-state index in [1.165, 1.54) is 6.07 Å². The molecule has 0 radical (unpaired) electrons. The topological polar surface area (TPSA) is 29.9 Å². The summed E-state index contributed by atoms with van der Waals surface area (Å²) in [7, 11) is 1.90. The average Bonchev–Trinajstić information content (AvgIpc) is 2.83. The molecule has 0 aliphatic carbocycles. The summed E-state index contributed by atoms with van der Waals surface area (Å²) in [4.78, 5) is 0. The minimum atomic E-state index is -0.166. The van der Waals surface area contributed by atoms with E-state index < -0.39 is 0 Å². The van der Waals surface area contributed by atoms with Crippen LogP contribution in [0.3, 0.4) is 0 Å². The van der Waals surface area contributed by atoms with Gasteiger partial charge in [0.05, 0.1) is 12.2 Å². The van der Waals surface area contributed by atoms with E-state index in [0.29, 0.717) is 5.56 Å². The molecule has 0 aliphatic heterocycles. The molecule has 1 atom stereocenters. The second-order valence-electron chi connectivity index (χ2n) is 4.77. The Bertz CT molecular complexity index is 548. The predicted octanol–water partition coefficient (Wildman–Crippen LogP) is 3.05. The van der Waals surface area contributed by atoms with Gasteiger partial charge in [-0.2, -0.15) is 5.10 Å². The third-order valence-electron chi connectivity index (χ3n) is 3.24. The van der Waals surface area contributed by atoms with Crippen LogP contribution in [-0.2, 0) is 6.54 Å². The van der Waals surface area contributed by atoms with E-state index in [-0.39, 0.29) is 11.9 Å². The molecular formula is C15H20FN3. The maximum Gasteiger partial charge on any atom is 0.126 e. The molecule has 1 aromatic carbocycles. The maximum absolute atomic E-state index is 13.3. The van der Waals surface area contributed by atoms with E-state index in [0.717, 1.165) is 24.1 Å². The standard InChI is InChI=1S/C15H20FN3/c1-4-7-19-10-13(9-18-19)15(17-3)12-5-6-14(16)11(2)8-12/h5-6,8-10,15,17H,4,7H2,1-3H3. The molecule has 0 bridgehead atoms. The van der Waals surface area contributed by atoms with Crippen LogP contribution in [0.5, 0.6) is 0 Å². The smallest absolute Gasteiger partial charge is 0.126 e. The molecule has 19 heavy (non-hydrogen) atoms. The average molecular weight is 261 g/mol. The second kappa shape index (κ2) is 5.97. The highest BCUT2D eigenvalue weighted by Crippen LogP contribution is 2.23. The van der Waals surface area contributed by atoms with Crippen LogP contribution < -0.4 is 5.32 Å². The van der Waals surface area contributed by atoms with Gasteiger partial charge in [0.25, 0.3) is 0 Å². The summed E-state index contributed by atoms with van der Waals surface area (Å²) in [5.74, 6) is -0.166.